The fourth-order valence-corrected chi connectivity index (χ4v) is 4.26. The first-order valence-electron chi connectivity index (χ1n) is 6.29. The predicted molar refractivity (Wildman–Crippen MR) is 94.6 cm³/mol. The maximum absolute atomic E-state index is 3.67. The second kappa shape index (κ2) is 5.98. The largest absolute Gasteiger partial charge is 0.309 e. The molecule has 0 amide bonds. The maximum Gasteiger partial charge on any atom is 0.0600 e. The molecular weight excluding hydrogens is 398 g/mol. The average molecular weight is 411 g/mol. The molecule has 0 saturated carbocycles. The molecule has 1 nitrogen and oxygen atoms in total. The summed E-state index contributed by atoms with van der Waals surface area (Å²) in [4.78, 5) is 0. The van der Waals surface area contributed by atoms with Crippen molar-refractivity contribution < 1.29 is 0 Å². The van der Waals surface area contributed by atoms with Crippen LogP contribution in [0.25, 0.3) is 10.1 Å². The Hall–Kier alpha value is -0.680. The molecular formula is C16H13Br2NS. The second-order valence-corrected chi connectivity index (χ2v) is 7.26. The summed E-state index contributed by atoms with van der Waals surface area (Å²) in [6.45, 7) is 0. The highest BCUT2D eigenvalue weighted by Crippen LogP contribution is 2.36. The molecule has 1 heterocycles. The fraction of sp³-hybridized carbons (Fsp3) is 0.125. The van der Waals surface area contributed by atoms with Gasteiger partial charge in [-0.05, 0) is 53.2 Å². The van der Waals surface area contributed by atoms with Gasteiger partial charge in [0.05, 0.1) is 6.04 Å². The van der Waals surface area contributed by atoms with Crippen LogP contribution < -0.4 is 5.32 Å². The molecule has 0 saturated heterocycles. The normalized spacial score (nSPS) is 12.8. The number of benzene rings is 2. The lowest BCUT2D eigenvalue weighted by Gasteiger charge is -2.20. The molecule has 0 fully saturated rings. The van der Waals surface area contributed by atoms with Gasteiger partial charge in [-0.2, -0.15) is 0 Å². The lowest BCUT2D eigenvalue weighted by atomic mass is 9.98. The molecule has 102 valence electrons. The number of nitrogens with one attached hydrogen (secondary N) is 1. The first-order valence-corrected chi connectivity index (χ1v) is 8.75. The summed E-state index contributed by atoms with van der Waals surface area (Å²) in [5.74, 6) is 0. The van der Waals surface area contributed by atoms with E-state index in [0.717, 1.165) is 8.95 Å². The first-order chi connectivity index (χ1) is 9.70. The molecule has 0 spiro atoms. The Morgan fingerprint density at radius 2 is 1.90 bits per heavy atom. The molecule has 20 heavy (non-hydrogen) atoms. The van der Waals surface area contributed by atoms with Gasteiger partial charge in [-0.1, -0.05) is 50.1 Å². The summed E-state index contributed by atoms with van der Waals surface area (Å²) in [6, 6.07) is 15.1. The smallest absolute Gasteiger partial charge is 0.0600 e. The number of rotatable bonds is 3. The Kier molecular flexibility index (Phi) is 4.26. The molecule has 1 atom stereocenters. The van der Waals surface area contributed by atoms with Crippen molar-refractivity contribution in [2.45, 2.75) is 6.04 Å². The topological polar surface area (TPSA) is 12.0 Å². The highest BCUT2D eigenvalue weighted by Gasteiger charge is 2.18. The number of thiophene rings is 1. The average Bonchev–Trinajstić information content (AvgIpc) is 2.92. The van der Waals surface area contributed by atoms with Crippen molar-refractivity contribution in [1.29, 1.82) is 0 Å². The molecule has 4 heteroatoms. The van der Waals surface area contributed by atoms with E-state index in [1.165, 1.54) is 21.2 Å². The molecule has 1 aromatic heterocycles. The SMILES string of the molecule is CNC(c1cc(Br)ccc1Br)c1cccc2ccsc12. The van der Waals surface area contributed by atoms with E-state index in [2.05, 4.69) is 79.0 Å². The van der Waals surface area contributed by atoms with Gasteiger partial charge in [0.1, 0.15) is 0 Å². The fourth-order valence-electron chi connectivity index (χ4n) is 2.46. The maximum atomic E-state index is 3.67. The van der Waals surface area contributed by atoms with Gasteiger partial charge in [0.25, 0.3) is 0 Å². The van der Waals surface area contributed by atoms with E-state index in [1.807, 2.05) is 13.1 Å². The van der Waals surface area contributed by atoms with E-state index in [-0.39, 0.29) is 6.04 Å². The van der Waals surface area contributed by atoms with Crippen LogP contribution >= 0.6 is 43.2 Å². The van der Waals surface area contributed by atoms with Gasteiger partial charge in [-0.25, -0.2) is 0 Å². The summed E-state index contributed by atoms with van der Waals surface area (Å²) < 4.78 is 3.56. The highest BCUT2D eigenvalue weighted by molar-refractivity contribution is 9.11. The Morgan fingerprint density at radius 3 is 2.70 bits per heavy atom. The lowest BCUT2D eigenvalue weighted by Crippen LogP contribution is -2.18. The van der Waals surface area contributed by atoms with Crippen molar-refractivity contribution >= 4 is 53.3 Å². The van der Waals surface area contributed by atoms with E-state index in [9.17, 15) is 0 Å². The van der Waals surface area contributed by atoms with Crippen LogP contribution in [0.4, 0.5) is 0 Å². The van der Waals surface area contributed by atoms with Crippen molar-refractivity contribution in [3.05, 3.63) is 67.9 Å². The molecule has 0 aliphatic heterocycles. The van der Waals surface area contributed by atoms with Crippen LogP contribution in [0.15, 0.2) is 56.8 Å². The summed E-state index contributed by atoms with van der Waals surface area (Å²) in [5.41, 5.74) is 2.56. The van der Waals surface area contributed by atoms with Crippen LogP contribution in [0.3, 0.4) is 0 Å². The minimum atomic E-state index is 0.171. The van der Waals surface area contributed by atoms with Gasteiger partial charge in [0.2, 0.25) is 0 Å². The third kappa shape index (κ3) is 2.58. The summed E-state index contributed by atoms with van der Waals surface area (Å²) in [6.07, 6.45) is 0. The van der Waals surface area contributed by atoms with Crippen LogP contribution in [0, 0.1) is 0 Å². The quantitative estimate of drug-likeness (QED) is 0.580. The monoisotopic (exact) mass is 409 g/mol. The van der Waals surface area contributed by atoms with Gasteiger partial charge < -0.3 is 5.32 Å². The van der Waals surface area contributed by atoms with E-state index >= 15 is 0 Å². The predicted octanol–water partition coefficient (Wildman–Crippen LogP) is 5.74. The van der Waals surface area contributed by atoms with E-state index in [1.54, 1.807) is 11.3 Å². The van der Waals surface area contributed by atoms with Crippen LogP contribution in [0.2, 0.25) is 0 Å². The van der Waals surface area contributed by atoms with E-state index < -0.39 is 0 Å². The number of halogens is 2. The Morgan fingerprint density at radius 1 is 1.05 bits per heavy atom. The highest BCUT2D eigenvalue weighted by atomic mass is 79.9. The van der Waals surface area contributed by atoms with Gasteiger partial charge >= 0.3 is 0 Å². The van der Waals surface area contributed by atoms with Gasteiger partial charge in [0, 0.05) is 13.6 Å². The summed E-state index contributed by atoms with van der Waals surface area (Å²) >= 11 is 9.02. The number of hydrogen-bond acceptors (Lipinski definition) is 2. The van der Waals surface area contributed by atoms with Crippen LogP contribution in [-0.4, -0.2) is 7.05 Å². The molecule has 2 aromatic carbocycles. The third-order valence-corrected chi connectivity index (χ3v) is 5.57. The third-order valence-electron chi connectivity index (χ3n) is 3.38. The summed E-state index contributed by atoms with van der Waals surface area (Å²) in [5, 5.41) is 6.89. The number of fused-ring (bicyclic) bond motifs is 1. The van der Waals surface area contributed by atoms with Crippen LogP contribution in [-0.2, 0) is 0 Å². The molecule has 1 N–H and O–H groups in total. The van der Waals surface area contributed by atoms with Crippen molar-refractivity contribution in [3.63, 3.8) is 0 Å². The molecule has 0 aliphatic rings. The Labute approximate surface area is 139 Å². The second-order valence-electron chi connectivity index (χ2n) is 4.57. The van der Waals surface area contributed by atoms with Gasteiger partial charge in [-0.3, -0.25) is 0 Å². The van der Waals surface area contributed by atoms with E-state index in [4.69, 9.17) is 0 Å². The van der Waals surface area contributed by atoms with Crippen LogP contribution in [0.5, 0.6) is 0 Å². The van der Waals surface area contributed by atoms with Gasteiger partial charge in [-0.15, -0.1) is 11.3 Å². The molecule has 3 aromatic rings. The molecule has 1 unspecified atom stereocenters. The van der Waals surface area contributed by atoms with Gasteiger partial charge in [0.15, 0.2) is 0 Å². The van der Waals surface area contributed by atoms with Crippen LogP contribution in [0.1, 0.15) is 17.2 Å². The van der Waals surface area contributed by atoms with E-state index in [0.29, 0.717) is 0 Å². The lowest BCUT2D eigenvalue weighted by molar-refractivity contribution is 0.694. The first kappa shape index (κ1) is 14.3. The summed E-state index contributed by atoms with van der Waals surface area (Å²) in [7, 11) is 2.00. The zero-order valence-corrected chi connectivity index (χ0v) is 14.8. The molecule has 0 radical (unpaired) electrons. The molecule has 3 rings (SSSR count). The zero-order valence-electron chi connectivity index (χ0n) is 10.9. The standard InChI is InChI=1S/C16H13Br2NS/c1-19-15(13-9-11(17)5-6-14(13)18)12-4-2-3-10-7-8-20-16(10)12/h2-9,15,19H,1H3. The Balaban J connectivity index is 2.19. The molecule has 0 aliphatic carbocycles. The van der Waals surface area contributed by atoms with Crippen molar-refractivity contribution in [1.82, 2.24) is 5.32 Å². The van der Waals surface area contributed by atoms with Crippen molar-refractivity contribution in [2.24, 2.45) is 0 Å². The number of hydrogen-bond donors (Lipinski definition) is 1. The Bertz CT molecular complexity index is 751. The van der Waals surface area contributed by atoms with Crippen molar-refractivity contribution in [3.8, 4) is 0 Å². The zero-order chi connectivity index (χ0) is 14.1. The van der Waals surface area contributed by atoms with Crippen molar-refractivity contribution in [2.75, 3.05) is 7.05 Å². The molecule has 0 bridgehead atoms. The minimum Gasteiger partial charge on any atom is -0.309 e. The minimum absolute atomic E-state index is 0.171.